The van der Waals surface area contributed by atoms with Crippen LogP contribution in [-0.2, 0) is 11.3 Å². The third-order valence-electron chi connectivity index (χ3n) is 1.90. The maximum atomic E-state index is 10.5. The molecular formula is C11H17N3O2. The number of hydrazine groups is 1. The van der Waals surface area contributed by atoms with Gasteiger partial charge in [0.05, 0.1) is 0 Å². The highest BCUT2D eigenvalue weighted by molar-refractivity contribution is 5.75. The topological polar surface area (TPSA) is 67.6 Å². The molecule has 88 valence electrons. The van der Waals surface area contributed by atoms with Crippen LogP contribution in [0.2, 0.25) is 0 Å². The number of benzene rings is 1. The summed E-state index contributed by atoms with van der Waals surface area (Å²) >= 11 is 0. The molecule has 0 heterocycles. The summed E-state index contributed by atoms with van der Waals surface area (Å²) in [4.78, 5) is 10.5. The number of carbonyl (C=O) groups excluding carboxylic acids is 1. The molecule has 0 spiro atoms. The maximum Gasteiger partial charge on any atom is 0.255 e. The van der Waals surface area contributed by atoms with Gasteiger partial charge in [0.25, 0.3) is 5.91 Å². The summed E-state index contributed by atoms with van der Waals surface area (Å²) in [6, 6.07) is 7.50. The number of amides is 1. The van der Waals surface area contributed by atoms with Crippen LogP contribution in [0, 0.1) is 0 Å². The van der Waals surface area contributed by atoms with Crippen LogP contribution in [0.4, 0.5) is 0 Å². The van der Waals surface area contributed by atoms with Gasteiger partial charge < -0.3 is 10.5 Å². The summed E-state index contributed by atoms with van der Waals surface area (Å²) in [6.07, 6.45) is 0. The quantitative estimate of drug-likeness (QED) is 0.672. The molecule has 0 aromatic heterocycles. The Hall–Kier alpha value is -1.59. The van der Waals surface area contributed by atoms with Gasteiger partial charge in [-0.1, -0.05) is 12.1 Å². The van der Waals surface area contributed by atoms with Gasteiger partial charge in [-0.05, 0) is 17.7 Å². The smallest absolute Gasteiger partial charge is 0.255 e. The molecule has 0 aliphatic carbocycles. The molecule has 16 heavy (non-hydrogen) atoms. The van der Waals surface area contributed by atoms with E-state index >= 15 is 0 Å². The minimum Gasteiger partial charge on any atom is -0.484 e. The van der Waals surface area contributed by atoms with Gasteiger partial charge in [0.1, 0.15) is 5.75 Å². The zero-order valence-corrected chi connectivity index (χ0v) is 9.56. The third kappa shape index (κ3) is 4.77. The zero-order valence-electron chi connectivity index (χ0n) is 9.56. The van der Waals surface area contributed by atoms with Crippen molar-refractivity contribution < 1.29 is 9.53 Å². The number of hydrogen-bond acceptors (Lipinski definition) is 4. The number of carbonyl (C=O) groups is 1. The summed E-state index contributed by atoms with van der Waals surface area (Å²) in [7, 11) is 3.87. The number of nitrogens with one attached hydrogen (secondary N) is 1. The zero-order chi connectivity index (χ0) is 12.0. The summed E-state index contributed by atoms with van der Waals surface area (Å²) in [6.45, 7) is 0.665. The second-order valence-electron chi connectivity index (χ2n) is 3.63. The van der Waals surface area contributed by atoms with Crippen LogP contribution in [0.3, 0.4) is 0 Å². The van der Waals surface area contributed by atoms with E-state index in [-0.39, 0.29) is 6.61 Å². The molecule has 0 saturated heterocycles. The van der Waals surface area contributed by atoms with E-state index in [1.165, 1.54) is 0 Å². The summed E-state index contributed by atoms with van der Waals surface area (Å²) in [5.41, 5.74) is 9.26. The molecule has 0 radical (unpaired) electrons. The molecule has 0 aliphatic rings. The minimum absolute atomic E-state index is 0.0880. The Morgan fingerprint density at radius 3 is 2.50 bits per heavy atom. The number of ether oxygens (including phenoxy) is 1. The van der Waals surface area contributed by atoms with Crippen molar-refractivity contribution in [2.24, 2.45) is 5.73 Å². The van der Waals surface area contributed by atoms with Crippen LogP contribution >= 0.6 is 0 Å². The predicted molar refractivity (Wildman–Crippen MR) is 61.7 cm³/mol. The predicted octanol–water partition coefficient (Wildman–Crippen LogP) is 0.117. The second kappa shape index (κ2) is 6.09. The van der Waals surface area contributed by atoms with Gasteiger partial charge in [-0.25, -0.2) is 0 Å². The van der Waals surface area contributed by atoms with Gasteiger partial charge in [0.2, 0.25) is 0 Å². The Labute approximate surface area is 95.2 Å². The van der Waals surface area contributed by atoms with Gasteiger partial charge in [-0.15, -0.1) is 0 Å². The molecule has 0 bridgehead atoms. The van der Waals surface area contributed by atoms with Crippen molar-refractivity contribution in [3.63, 3.8) is 0 Å². The lowest BCUT2D eigenvalue weighted by atomic mass is 10.2. The van der Waals surface area contributed by atoms with E-state index in [4.69, 9.17) is 10.5 Å². The maximum absolute atomic E-state index is 10.5. The van der Waals surface area contributed by atoms with Crippen molar-refractivity contribution >= 4 is 5.91 Å². The van der Waals surface area contributed by atoms with Gasteiger partial charge in [-0.2, -0.15) is 0 Å². The van der Waals surface area contributed by atoms with Crippen LogP contribution in [0.25, 0.3) is 0 Å². The number of primary amides is 1. The fourth-order valence-corrected chi connectivity index (χ4v) is 1.11. The highest BCUT2D eigenvalue weighted by Crippen LogP contribution is 2.11. The molecule has 1 rings (SSSR count). The van der Waals surface area contributed by atoms with Crippen molar-refractivity contribution in [1.29, 1.82) is 0 Å². The fourth-order valence-electron chi connectivity index (χ4n) is 1.11. The van der Waals surface area contributed by atoms with Crippen LogP contribution in [-0.4, -0.2) is 31.6 Å². The summed E-state index contributed by atoms with van der Waals surface area (Å²) in [5.74, 6) is 0.172. The molecule has 1 amide bonds. The van der Waals surface area contributed by atoms with Gasteiger partial charge >= 0.3 is 0 Å². The van der Waals surface area contributed by atoms with Crippen molar-refractivity contribution in [1.82, 2.24) is 10.4 Å². The second-order valence-corrected chi connectivity index (χ2v) is 3.63. The van der Waals surface area contributed by atoms with E-state index in [0.717, 1.165) is 12.1 Å². The highest BCUT2D eigenvalue weighted by atomic mass is 16.5. The molecule has 0 aliphatic heterocycles. The average molecular weight is 223 g/mol. The normalized spacial score (nSPS) is 10.4. The lowest BCUT2D eigenvalue weighted by molar-refractivity contribution is -0.119. The van der Waals surface area contributed by atoms with Crippen LogP contribution in [0.1, 0.15) is 5.56 Å². The first-order chi connectivity index (χ1) is 7.58. The Morgan fingerprint density at radius 1 is 1.38 bits per heavy atom. The summed E-state index contributed by atoms with van der Waals surface area (Å²) in [5, 5.41) is 1.89. The van der Waals surface area contributed by atoms with Crippen molar-refractivity contribution in [3.05, 3.63) is 29.8 Å². The highest BCUT2D eigenvalue weighted by Gasteiger charge is 1.98. The lowest BCUT2D eigenvalue weighted by Gasteiger charge is -2.12. The van der Waals surface area contributed by atoms with E-state index in [2.05, 4.69) is 5.43 Å². The largest absolute Gasteiger partial charge is 0.484 e. The monoisotopic (exact) mass is 223 g/mol. The fraction of sp³-hybridized carbons (Fsp3) is 0.364. The molecule has 0 saturated carbocycles. The van der Waals surface area contributed by atoms with Crippen molar-refractivity contribution in [3.8, 4) is 5.75 Å². The minimum atomic E-state index is -0.474. The van der Waals surface area contributed by atoms with Crippen molar-refractivity contribution in [2.45, 2.75) is 6.54 Å². The molecule has 3 N–H and O–H groups in total. The van der Waals surface area contributed by atoms with E-state index < -0.39 is 5.91 Å². The SMILES string of the molecule is CN(C)NCc1ccc(OCC(N)=O)cc1. The molecule has 1 aromatic carbocycles. The molecule has 1 aromatic rings. The average Bonchev–Trinajstić information content (AvgIpc) is 2.25. The van der Waals surface area contributed by atoms with Crippen LogP contribution in [0.5, 0.6) is 5.75 Å². The van der Waals surface area contributed by atoms with Crippen molar-refractivity contribution in [2.75, 3.05) is 20.7 Å². The van der Waals surface area contributed by atoms with Crippen LogP contribution < -0.4 is 15.9 Å². The summed E-state index contributed by atoms with van der Waals surface area (Å²) < 4.78 is 5.14. The number of rotatable bonds is 6. The van der Waals surface area contributed by atoms with E-state index in [1.54, 1.807) is 0 Å². The number of nitrogens with zero attached hydrogens (tertiary/aromatic N) is 1. The molecule has 5 nitrogen and oxygen atoms in total. The molecule has 0 atom stereocenters. The Kier molecular flexibility index (Phi) is 4.75. The lowest BCUT2D eigenvalue weighted by Crippen LogP contribution is -2.29. The van der Waals surface area contributed by atoms with Gasteiger partial charge in [-0.3, -0.25) is 15.2 Å². The first kappa shape index (κ1) is 12.5. The van der Waals surface area contributed by atoms with E-state index in [0.29, 0.717) is 5.75 Å². The van der Waals surface area contributed by atoms with E-state index in [9.17, 15) is 4.79 Å². The van der Waals surface area contributed by atoms with Gasteiger partial charge in [0.15, 0.2) is 6.61 Å². The Bertz CT molecular complexity index is 336. The Balaban J connectivity index is 2.44. The molecule has 0 unspecified atom stereocenters. The number of nitrogens with two attached hydrogens (primary N) is 1. The first-order valence-corrected chi connectivity index (χ1v) is 4.99. The van der Waals surface area contributed by atoms with Crippen LogP contribution in [0.15, 0.2) is 24.3 Å². The van der Waals surface area contributed by atoms with Gasteiger partial charge in [0, 0.05) is 20.6 Å². The Morgan fingerprint density at radius 2 is 2.00 bits per heavy atom. The standard InChI is InChI=1S/C11H17N3O2/c1-14(2)13-7-9-3-5-10(6-4-9)16-8-11(12)15/h3-6,13H,7-8H2,1-2H3,(H2,12,15). The third-order valence-corrected chi connectivity index (χ3v) is 1.90. The van der Waals surface area contributed by atoms with E-state index in [1.807, 2.05) is 43.4 Å². The first-order valence-electron chi connectivity index (χ1n) is 4.99. The molecule has 5 heteroatoms. The molecular weight excluding hydrogens is 206 g/mol. The molecule has 0 fully saturated rings. The number of hydrogen-bond donors (Lipinski definition) is 2.